The minimum atomic E-state index is -0.169. The van der Waals surface area contributed by atoms with Gasteiger partial charge in [0.05, 0.1) is 6.54 Å². The highest BCUT2D eigenvalue weighted by Crippen LogP contribution is 2.18. The summed E-state index contributed by atoms with van der Waals surface area (Å²) in [5, 5.41) is 2.73. The normalized spacial score (nSPS) is 10.2. The van der Waals surface area contributed by atoms with Crippen LogP contribution in [0.25, 0.3) is 0 Å². The third-order valence-electron chi connectivity index (χ3n) is 2.71. The number of nitrogens with zero attached hydrogens (tertiary/aromatic N) is 1. The molecule has 0 aliphatic rings. The number of H-pyrrole nitrogens is 1. The Labute approximate surface area is 112 Å². The Morgan fingerprint density at radius 1 is 1.42 bits per heavy atom. The van der Waals surface area contributed by atoms with E-state index >= 15 is 0 Å². The van der Waals surface area contributed by atoms with Crippen molar-refractivity contribution in [3.05, 3.63) is 47.5 Å². The number of aromatic nitrogens is 2. The fraction of sp³-hybridized carbons (Fsp3) is 0.286. The Kier molecular flexibility index (Phi) is 4.18. The summed E-state index contributed by atoms with van der Waals surface area (Å²) in [7, 11) is 0. The number of amides is 1. The lowest BCUT2D eigenvalue weighted by Crippen LogP contribution is -2.28. The zero-order chi connectivity index (χ0) is 13.7. The van der Waals surface area contributed by atoms with Gasteiger partial charge in [-0.25, -0.2) is 4.98 Å². The molecule has 0 aliphatic heterocycles. The summed E-state index contributed by atoms with van der Waals surface area (Å²) in [5.41, 5.74) is 2.13. The van der Waals surface area contributed by atoms with Crippen LogP contribution in [0.15, 0.2) is 30.6 Å². The smallest absolute Gasteiger partial charge is 0.258 e. The second-order valence-electron chi connectivity index (χ2n) is 4.37. The molecule has 0 saturated carbocycles. The van der Waals surface area contributed by atoms with Crippen molar-refractivity contribution >= 4 is 5.91 Å². The summed E-state index contributed by atoms with van der Waals surface area (Å²) in [5.74, 6) is 1.30. The first kappa shape index (κ1) is 13.1. The third kappa shape index (κ3) is 3.84. The SMILES string of the molecule is Cc1ccc(C)c(OCC(=O)NCc2ncc[nH]2)c1. The molecule has 5 heteroatoms. The molecule has 1 aromatic carbocycles. The number of ether oxygens (including phenoxy) is 1. The average Bonchev–Trinajstić information content (AvgIpc) is 2.90. The number of imidazole rings is 1. The molecule has 0 unspecified atom stereocenters. The molecule has 0 saturated heterocycles. The van der Waals surface area contributed by atoms with Crippen molar-refractivity contribution in [1.29, 1.82) is 0 Å². The molecular formula is C14H17N3O2. The zero-order valence-electron chi connectivity index (χ0n) is 11.1. The molecule has 1 amide bonds. The summed E-state index contributed by atoms with van der Waals surface area (Å²) >= 11 is 0. The number of benzene rings is 1. The zero-order valence-corrected chi connectivity index (χ0v) is 11.1. The van der Waals surface area contributed by atoms with Gasteiger partial charge in [0.25, 0.3) is 5.91 Å². The largest absolute Gasteiger partial charge is 0.483 e. The molecule has 2 rings (SSSR count). The Hall–Kier alpha value is -2.30. The van der Waals surface area contributed by atoms with Gasteiger partial charge in [-0.3, -0.25) is 4.79 Å². The van der Waals surface area contributed by atoms with Crippen molar-refractivity contribution in [2.75, 3.05) is 6.61 Å². The van der Waals surface area contributed by atoms with Crippen LogP contribution in [-0.4, -0.2) is 22.5 Å². The molecule has 0 atom stereocenters. The van der Waals surface area contributed by atoms with Crippen molar-refractivity contribution in [3.8, 4) is 5.75 Å². The van der Waals surface area contributed by atoms with Gasteiger partial charge in [-0.05, 0) is 31.0 Å². The van der Waals surface area contributed by atoms with Crippen LogP contribution >= 0.6 is 0 Å². The van der Waals surface area contributed by atoms with E-state index in [9.17, 15) is 4.79 Å². The third-order valence-corrected chi connectivity index (χ3v) is 2.71. The van der Waals surface area contributed by atoms with Gasteiger partial charge in [-0.15, -0.1) is 0 Å². The number of hydrogen-bond acceptors (Lipinski definition) is 3. The van der Waals surface area contributed by atoms with E-state index < -0.39 is 0 Å². The molecule has 0 bridgehead atoms. The molecule has 0 radical (unpaired) electrons. The average molecular weight is 259 g/mol. The summed E-state index contributed by atoms with van der Waals surface area (Å²) < 4.78 is 5.51. The van der Waals surface area contributed by atoms with Gasteiger partial charge in [-0.2, -0.15) is 0 Å². The fourth-order valence-corrected chi connectivity index (χ4v) is 1.63. The van der Waals surface area contributed by atoms with Crippen LogP contribution in [0.4, 0.5) is 0 Å². The summed E-state index contributed by atoms with van der Waals surface area (Å²) in [6.07, 6.45) is 3.36. The first-order valence-corrected chi connectivity index (χ1v) is 6.10. The number of aryl methyl sites for hydroxylation is 2. The maximum atomic E-state index is 11.6. The van der Waals surface area contributed by atoms with Crippen LogP contribution in [0.1, 0.15) is 17.0 Å². The van der Waals surface area contributed by atoms with Gasteiger partial charge in [0, 0.05) is 12.4 Å². The minimum absolute atomic E-state index is 0.00496. The van der Waals surface area contributed by atoms with Gasteiger partial charge in [0.2, 0.25) is 0 Å². The number of aromatic amines is 1. The van der Waals surface area contributed by atoms with E-state index in [2.05, 4.69) is 15.3 Å². The van der Waals surface area contributed by atoms with Gasteiger partial charge < -0.3 is 15.0 Å². The number of carbonyl (C=O) groups is 1. The van der Waals surface area contributed by atoms with Gasteiger partial charge in [-0.1, -0.05) is 12.1 Å². The van der Waals surface area contributed by atoms with Crippen molar-refractivity contribution < 1.29 is 9.53 Å². The molecule has 19 heavy (non-hydrogen) atoms. The monoisotopic (exact) mass is 259 g/mol. The van der Waals surface area contributed by atoms with E-state index in [4.69, 9.17) is 4.74 Å². The molecule has 0 aliphatic carbocycles. The molecule has 5 nitrogen and oxygen atoms in total. The van der Waals surface area contributed by atoms with Crippen molar-refractivity contribution in [2.45, 2.75) is 20.4 Å². The first-order chi connectivity index (χ1) is 9.15. The van der Waals surface area contributed by atoms with E-state index in [0.717, 1.165) is 22.7 Å². The summed E-state index contributed by atoms with van der Waals surface area (Å²) in [6.45, 7) is 4.33. The lowest BCUT2D eigenvalue weighted by molar-refractivity contribution is -0.123. The second kappa shape index (κ2) is 6.04. The van der Waals surface area contributed by atoms with Crippen LogP contribution in [0, 0.1) is 13.8 Å². The topological polar surface area (TPSA) is 67.0 Å². The molecular weight excluding hydrogens is 242 g/mol. The number of rotatable bonds is 5. The highest BCUT2D eigenvalue weighted by atomic mass is 16.5. The summed E-state index contributed by atoms with van der Waals surface area (Å²) in [6, 6.07) is 5.92. The molecule has 1 aromatic heterocycles. The van der Waals surface area contributed by atoms with E-state index in [0.29, 0.717) is 6.54 Å². The molecule has 2 N–H and O–H groups in total. The highest BCUT2D eigenvalue weighted by molar-refractivity contribution is 5.77. The molecule has 0 spiro atoms. The van der Waals surface area contributed by atoms with Gasteiger partial charge in [0.1, 0.15) is 11.6 Å². The Morgan fingerprint density at radius 2 is 2.26 bits per heavy atom. The fourth-order valence-electron chi connectivity index (χ4n) is 1.63. The van der Waals surface area contributed by atoms with E-state index in [1.165, 1.54) is 0 Å². The second-order valence-corrected chi connectivity index (χ2v) is 4.37. The van der Waals surface area contributed by atoms with E-state index in [1.54, 1.807) is 12.4 Å². The minimum Gasteiger partial charge on any atom is -0.483 e. The standard InChI is InChI=1S/C14H17N3O2/c1-10-3-4-11(2)12(7-10)19-9-14(18)17-8-13-15-5-6-16-13/h3-7H,8-9H2,1-2H3,(H,15,16)(H,17,18). The Balaban J connectivity index is 1.81. The van der Waals surface area contributed by atoms with Crippen LogP contribution in [0.3, 0.4) is 0 Å². The maximum Gasteiger partial charge on any atom is 0.258 e. The Bertz CT molecular complexity index is 550. The molecule has 100 valence electrons. The quantitative estimate of drug-likeness (QED) is 0.859. The van der Waals surface area contributed by atoms with Crippen LogP contribution in [0.5, 0.6) is 5.75 Å². The van der Waals surface area contributed by atoms with Gasteiger partial charge in [0.15, 0.2) is 6.61 Å². The number of hydrogen-bond donors (Lipinski definition) is 2. The lowest BCUT2D eigenvalue weighted by atomic mass is 10.1. The molecule has 1 heterocycles. The highest BCUT2D eigenvalue weighted by Gasteiger charge is 2.05. The van der Waals surface area contributed by atoms with Crippen molar-refractivity contribution in [3.63, 3.8) is 0 Å². The number of nitrogens with one attached hydrogen (secondary N) is 2. The number of carbonyl (C=O) groups excluding carboxylic acids is 1. The van der Waals surface area contributed by atoms with Crippen LogP contribution in [-0.2, 0) is 11.3 Å². The van der Waals surface area contributed by atoms with Crippen LogP contribution in [0.2, 0.25) is 0 Å². The lowest BCUT2D eigenvalue weighted by Gasteiger charge is -2.09. The predicted molar refractivity (Wildman–Crippen MR) is 71.8 cm³/mol. The predicted octanol–water partition coefficient (Wildman–Crippen LogP) is 1.72. The van der Waals surface area contributed by atoms with Crippen LogP contribution < -0.4 is 10.1 Å². The maximum absolute atomic E-state index is 11.6. The Morgan fingerprint density at radius 3 is 3.00 bits per heavy atom. The summed E-state index contributed by atoms with van der Waals surface area (Å²) in [4.78, 5) is 18.6. The molecule has 0 fully saturated rings. The van der Waals surface area contributed by atoms with E-state index in [-0.39, 0.29) is 12.5 Å². The van der Waals surface area contributed by atoms with Gasteiger partial charge >= 0.3 is 0 Å². The first-order valence-electron chi connectivity index (χ1n) is 6.10. The molecule has 2 aromatic rings. The van der Waals surface area contributed by atoms with Crippen molar-refractivity contribution in [1.82, 2.24) is 15.3 Å². The van der Waals surface area contributed by atoms with Crippen molar-refractivity contribution in [2.24, 2.45) is 0 Å². The van der Waals surface area contributed by atoms with E-state index in [1.807, 2.05) is 32.0 Å².